The second-order valence-electron chi connectivity index (χ2n) is 7.01. The molecule has 0 bridgehead atoms. The Kier molecular flexibility index (Phi) is 8.21. The molecule has 1 N–H and O–H groups in total. The maximum Gasteiger partial charge on any atom is 0.338 e. The van der Waals surface area contributed by atoms with Crippen LogP contribution in [0.5, 0.6) is 17.2 Å². The summed E-state index contributed by atoms with van der Waals surface area (Å²) in [6, 6.07) is 8.09. The molecule has 9 nitrogen and oxygen atoms in total. The van der Waals surface area contributed by atoms with Crippen molar-refractivity contribution in [3.05, 3.63) is 57.1 Å². The Bertz CT molecular complexity index is 978. The van der Waals surface area contributed by atoms with Crippen molar-refractivity contribution in [1.82, 2.24) is 5.32 Å². The normalized spacial score (nSPS) is 11.5. The molecule has 0 fully saturated rings. The van der Waals surface area contributed by atoms with E-state index in [4.69, 9.17) is 25.8 Å². The van der Waals surface area contributed by atoms with Crippen molar-refractivity contribution in [2.75, 3.05) is 13.7 Å². The van der Waals surface area contributed by atoms with Crippen LogP contribution in [-0.4, -0.2) is 36.6 Å². The number of nitrogens with zero attached hydrogens (tertiary/aromatic N) is 1. The lowest BCUT2D eigenvalue weighted by molar-refractivity contribution is -0.385. The molecule has 0 aliphatic carbocycles. The van der Waals surface area contributed by atoms with Gasteiger partial charge in [-0.25, -0.2) is 4.79 Å². The number of esters is 1. The summed E-state index contributed by atoms with van der Waals surface area (Å²) in [4.78, 5) is 34.8. The van der Waals surface area contributed by atoms with Crippen molar-refractivity contribution in [1.29, 1.82) is 0 Å². The summed E-state index contributed by atoms with van der Waals surface area (Å²) in [5.74, 6) is -0.636. The number of carbonyl (C=O) groups excluding carboxylic acids is 2. The van der Waals surface area contributed by atoms with E-state index in [0.717, 1.165) is 0 Å². The first-order valence-electron chi connectivity index (χ1n) is 9.38. The zero-order chi connectivity index (χ0) is 23.1. The molecule has 0 aliphatic heterocycles. The Labute approximate surface area is 184 Å². The third-order valence-electron chi connectivity index (χ3n) is 4.46. The van der Waals surface area contributed by atoms with Gasteiger partial charge in [-0.15, -0.1) is 0 Å². The first-order chi connectivity index (χ1) is 14.6. The van der Waals surface area contributed by atoms with Gasteiger partial charge in [-0.1, -0.05) is 25.4 Å². The Morgan fingerprint density at radius 3 is 2.39 bits per heavy atom. The van der Waals surface area contributed by atoms with Gasteiger partial charge in [0.15, 0.2) is 18.1 Å². The summed E-state index contributed by atoms with van der Waals surface area (Å²) in [6.07, 6.45) is 0. The van der Waals surface area contributed by atoms with Crippen LogP contribution in [0.1, 0.15) is 31.1 Å². The fourth-order valence-corrected chi connectivity index (χ4v) is 2.56. The van der Waals surface area contributed by atoms with Gasteiger partial charge in [-0.2, -0.15) is 0 Å². The molecule has 0 saturated carbocycles. The average molecular weight is 451 g/mol. The number of nitro benzene ring substituents is 1. The third-order valence-corrected chi connectivity index (χ3v) is 4.70. The van der Waals surface area contributed by atoms with Crippen LogP contribution in [0, 0.1) is 16.0 Å². The van der Waals surface area contributed by atoms with Gasteiger partial charge in [0.2, 0.25) is 5.75 Å². The topological polar surface area (TPSA) is 117 Å². The molecule has 2 rings (SSSR count). The van der Waals surface area contributed by atoms with Crippen LogP contribution in [0.2, 0.25) is 5.02 Å². The van der Waals surface area contributed by atoms with Crippen molar-refractivity contribution in [3.8, 4) is 17.2 Å². The number of hydrogen-bond donors (Lipinski definition) is 1. The molecule has 10 heteroatoms. The fraction of sp³-hybridized carbons (Fsp3) is 0.333. The number of amides is 1. The zero-order valence-corrected chi connectivity index (χ0v) is 18.3. The lowest BCUT2D eigenvalue weighted by Crippen LogP contribution is -2.38. The number of halogens is 1. The smallest absolute Gasteiger partial charge is 0.338 e. The number of methoxy groups -OCH3 is 1. The van der Waals surface area contributed by atoms with E-state index in [1.807, 2.05) is 20.8 Å². The number of carbonyl (C=O) groups is 2. The van der Waals surface area contributed by atoms with Crippen LogP contribution in [0.3, 0.4) is 0 Å². The van der Waals surface area contributed by atoms with Gasteiger partial charge < -0.3 is 19.5 Å². The van der Waals surface area contributed by atoms with Gasteiger partial charge in [0.05, 0.1) is 17.6 Å². The monoisotopic (exact) mass is 450 g/mol. The molecule has 31 heavy (non-hydrogen) atoms. The SMILES string of the molecule is COc1cc(C(=O)OCC(=O)NC(C)C(C)C)ccc1Oc1ccc(Cl)cc1[N+](=O)[O-]. The van der Waals surface area contributed by atoms with Gasteiger partial charge in [-0.3, -0.25) is 14.9 Å². The van der Waals surface area contributed by atoms with Crippen LogP contribution in [0.4, 0.5) is 5.69 Å². The summed E-state index contributed by atoms with van der Waals surface area (Å²) in [6.45, 7) is 5.36. The van der Waals surface area contributed by atoms with Gasteiger partial charge >= 0.3 is 11.7 Å². The standard InChI is InChI=1S/C21H23ClN2O7/c1-12(2)13(3)23-20(25)11-30-21(26)14-5-7-18(19(9-14)29-4)31-17-8-6-15(22)10-16(17)24(27)28/h5-10,12-13H,11H2,1-4H3,(H,23,25). The summed E-state index contributed by atoms with van der Waals surface area (Å²) in [5.41, 5.74) is -0.195. The van der Waals surface area contributed by atoms with E-state index in [1.165, 1.54) is 43.5 Å². The number of nitrogens with one attached hydrogen (secondary N) is 1. The van der Waals surface area contributed by atoms with Crippen LogP contribution < -0.4 is 14.8 Å². The maximum atomic E-state index is 12.3. The maximum absolute atomic E-state index is 12.3. The van der Waals surface area contributed by atoms with E-state index in [1.54, 1.807) is 0 Å². The molecule has 0 aromatic heterocycles. The van der Waals surface area contributed by atoms with E-state index in [2.05, 4.69) is 5.32 Å². The van der Waals surface area contributed by atoms with E-state index in [9.17, 15) is 19.7 Å². The Hall–Kier alpha value is -3.33. The van der Waals surface area contributed by atoms with Gasteiger partial charge in [-0.05, 0) is 43.2 Å². The first kappa shape index (κ1) is 23.9. The molecule has 0 radical (unpaired) electrons. The van der Waals surface area contributed by atoms with Crippen LogP contribution in [0.15, 0.2) is 36.4 Å². The molecule has 0 saturated heterocycles. The molecule has 2 aromatic carbocycles. The van der Waals surface area contributed by atoms with Crippen LogP contribution in [-0.2, 0) is 9.53 Å². The molecule has 0 spiro atoms. The summed E-state index contributed by atoms with van der Waals surface area (Å²) < 4.78 is 15.9. The van der Waals surface area contributed by atoms with E-state index in [-0.39, 0.29) is 45.5 Å². The van der Waals surface area contributed by atoms with Crippen molar-refractivity contribution in [2.45, 2.75) is 26.8 Å². The second-order valence-corrected chi connectivity index (χ2v) is 7.45. The minimum atomic E-state index is -0.727. The summed E-state index contributed by atoms with van der Waals surface area (Å²) in [7, 11) is 1.36. The second kappa shape index (κ2) is 10.6. The van der Waals surface area contributed by atoms with Gasteiger partial charge in [0, 0.05) is 17.1 Å². The highest BCUT2D eigenvalue weighted by Gasteiger charge is 2.20. The lowest BCUT2D eigenvalue weighted by atomic mass is 10.1. The summed E-state index contributed by atoms with van der Waals surface area (Å²) in [5, 5.41) is 14.2. The average Bonchev–Trinajstić information content (AvgIpc) is 2.73. The molecule has 1 unspecified atom stereocenters. The minimum absolute atomic E-state index is 0.0426. The molecular weight excluding hydrogens is 428 g/mol. The van der Waals surface area contributed by atoms with E-state index in [0.29, 0.717) is 0 Å². The Morgan fingerprint density at radius 2 is 1.77 bits per heavy atom. The van der Waals surface area contributed by atoms with Crippen molar-refractivity contribution < 1.29 is 28.7 Å². The number of hydrogen-bond acceptors (Lipinski definition) is 7. The predicted octanol–water partition coefficient (Wildman–Crippen LogP) is 4.37. The van der Waals surface area contributed by atoms with E-state index < -0.39 is 23.4 Å². The minimum Gasteiger partial charge on any atom is -0.493 e. The molecule has 166 valence electrons. The summed E-state index contributed by atoms with van der Waals surface area (Å²) >= 11 is 5.81. The van der Waals surface area contributed by atoms with Crippen molar-refractivity contribution in [2.24, 2.45) is 5.92 Å². The molecule has 0 heterocycles. The predicted molar refractivity (Wildman–Crippen MR) is 114 cm³/mol. The van der Waals surface area contributed by atoms with Crippen molar-refractivity contribution in [3.63, 3.8) is 0 Å². The highest BCUT2D eigenvalue weighted by Crippen LogP contribution is 2.37. The van der Waals surface area contributed by atoms with Crippen LogP contribution >= 0.6 is 11.6 Å². The molecule has 1 atom stereocenters. The fourth-order valence-electron chi connectivity index (χ4n) is 2.39. The third kappa shape index (κ3) is 6.58. The number of rotatable bonds is 9. The zero-order valence-electron chi connectivity index (χ0n) is 17.5. The number of benzene rings is 2. The Morgan fingerprint density at radius 1 is 1.10 bits per heavy atom. The molecule has 0 aliphatic rings. The van der Waals surface area contributed by atoms with Gasteiger partial charge in [0.1, 0.15) is 0 Å². The number of nitro groups is 1. The molecule has 2 aromatic rings. The van der Waals surface area contributed by atoms with Gasteiger partial charge in [0.25, 0.3) is 5.91 Å². The van der Waals surface area contributed by atoms with Crippen LogP contribution in [0.25, 0.3) is 0 Å². The molecule has 1 amide bonds. The lowest BCUT2D eigenvalue weighted by Gasteiger charge is -2.17. The van der Waals surface area contributed by atoms with E-state index >= 15 is 0 Å². The largest absolute Gasteiger partial charge is 0.493 e. The quantitative estimate of drug-likeness (QED) is 0.342. The first-order valence-corrected chi connectivity index (χ1v) is 9.76. The molecular formula is C21H23ClN2O7. The Balaban J connectivity index is 2.12. The highest BCUT2D eigenvalue weighted by atomic mass is 35.5. The number of ether oxygens (including phenoxy) is 3. The van der Waals surface area contributed by atoms with Crippen molar-refractivity contribution >= 4 is 29.2 Å². The highest BCUT2D eigenvalue weighted by molar-refractivity contribution is 6.30.